The van der Waals surface area contributed by atoms with Crippen molar-refractivity contribution in [1.29, 1.82) is 0 Å². The van der Waals surface area contributed by atoms with Crippen molar-refractivity contribution in [1.82, 2.24) is 13.9 Å². The van der Waals surface area contributed by atoms with Crippen molar-refractivity contribution < 1.29 is 45.9 Å². The second-order valence-electron chi connectivity index (χ2n) is 17.1. The summed E-state index contributed by atoms with van der Waals surface area (Å²) in [5, 5.41) is 20.8. The molecule has 0 radical (unpaired) electrons. The molecule has 1 amide bonds. The van der Waals surface area contributed by atoms with Gasteiger partial charge in [0.05, 0.1) is 9.79 Å². The van der Waals surface area contributed by atoms with Crippen molar-refractivity contribution in [3.8, 4) is 0 Å². The molecule has 2 unspecified atom stereocenters. The predicted octanol–water partition coefficient (Wildman–Crippen LogP) is 5.77. The summed E-state index contributed by atoms with van der Waals surface area (Å²) in [4.78, 5) is 31.4. The van der Waals surface area contributed by atoms with Gasteiger partial charge < -0.3 is 24.8 Å². The Morgan fingerprint density at radius 1 is 0.807 bits per heavy atom. The molecule has 57 heavy (non-hydrogen) atoms. The average molecular weight is 832 g/mol. The number of alkyl carbamates (subject to hydrolysis) is 1. The summed E-state index contributed by atoms with van der Waals surface area (Å²) >= 11 is 0. The van der Waals surface area contributed by atoms with E-state index in [1.165, 1.54) is 45.0 Å². The molecule has 1 aliphatic carbocycles. The second-order valence-corrected chi connectivity index (χ2v) is 20.9. The van der Waals surface area contributed by atoms with Crippen molar-refractivity contribution in [2.24, 2.45) is 39.9 Å². The molecule has 2 aliphatic heterocycles. The van der Waals surface area contributed by atoms with Gasteiger partial charge in [0.1, 0.15) is 23.1 Å². The first-order chi connectivity index (χ1) is 26.7. The largest absolute Gasteiger partial charge is 0.444 e. The molecule has 3 aliphatic rings. The molecule has 0 saturated carbocycles. The van der Waals surface area contributed by atoms with E-state index in [9.17, 15) is 31.6 Å². The fourth-order valence-corrected chi connectivity index (χ4v) is 11.4. The van der Waals surface area contributed by atoms with Crippen LogP contribution in [-0.2, 0) is 39.2 Å². The highest BCUT2D eigenvalue weighted by Crippen LogP contribution is 2.35. The molecular weight excluding hydrogens is 775 g/mol. The number of fused-ring (bicyclic) bond motifs is 2. The van der Waals surface area contributed by atoms with Crippen LogP contribution >= 0.6 is 0 Å². The highest BCUT2D eigenvalue weighted by molar-refractivity contribution is 7.89. The summed E-state index contributed by atoms with van der Waals surface area (Å²) in [5.74, 6) is -0.520. The summed E-state index contributed by atoms with van der Waals surface area (Å²) in [6.45, 7) is 17.5. The molecule has 0 aromatic heterocycles. The molecule has 2 aromatic rings. The third kappa shape index (κ3) is 9.98. The number of ether oxygens (including phenoxy) is 2. The molecule has 15 nitrogen and oxygen atoms in total. The van der Waals surface area contributed by atoms with Gasteiger partial charge in [-0.25, -0.2) is 26.4 Å². The zero-order valence-electron chi connectivity index (χ0n) is 34.3. The summed E-state index contributed by atoms with van der Waals surface area (Å²) in [6, 6.07) is 7.68. The van der Waals surface area contributed by atoms with Gasteiger partial charge in [-0.2, -0.15) is 8.61 Å². The maximum Gasteiger partial charge on any atom is 0.408 e. The van der Waals surface area contributed by atoms with Crippen LogP contribution in [0, 0.1) is 29.6 Å². The number of esters is 1. The van der Waals surface area contributed by atoms with Gasteiger partial charge >= 0.3 is 12.1 Å². The van der Waals surface area contributed by atoms with E-state index < -0.39 is 50.5 Å². The first-order valence-corrected chi connectivity index (χ1v) is 22.4. The third-order valence-electron chi connectivity index (χ3n) is 10.6. The second kappa shape index (κ2) is 17.4. The van der Waals surface area contributed by atoms with Crippen LogP contribution in [0.5, 0.6) is 0 Å². The van der Waals surface area contributed by atoms with Gasteiger partial charge in [0.25, 0.3) is 6.79 Å². The van der Waals surface area contributed by atoms with Crippen LogP contribution in [0.15, 0.2) is 56.5 Å². The first-order valence-electron chi connectivity index (χ1n) is 19.5. The molecule has 2 N–H and O–H groups in total. The van der Waals surface area contributed by atoms with E-state index in [1.54, 1.807) is 27.7 Å². The Hall–Kier alpha value is -4.06. The minimum Gasteiger partial charge on any atom is -0.444 e. The van der Waals surface area contributed by atoms with Gasteiger partial charge in [-0.05, 0) is 87.5 Å². The number of benzene rings is 2. The zero-order chi connectivity index (χ0) is 42.0. The van der Waals surface area contributed by atoms with Crippen molar-refractivity contribution in [3.63, 3.8) is 0 Å². The summed E-state index contributed by atoms with van der Waals surface area (Å²) < 4.78 is 70.1. The molecule has 2 fully saturated rings. The zero-order valence-corrected chi connectivity index (χ0v) is 35.9. The number of nitrogens with one attached hydrogen (secondary N) is 1. The van der Waals surface area contributed by atoms with E-state index in [0.717, 1.165) is 12.8 Å². The normalized spacial score (nSPS) is 23.0. The SMILES string of the molecule is CCC(C)C(NC(=O)OC(C)(C)C)C(=O)OCON=C1c2cc(S(=O)(=O)N3C[C@H](C)C[C@H](C)C3)ccc2C(=NO)c2ccc(S(=O)(=O)N3C[C@H](C)C[C@H](C)C3)cc21. The van der Waals surface area contributed by atoms with Crippen LogP contribution in [0.1, 0.15) is 104 Å². The maximum absolute atomic E-state index is 14.1. The number of hydrogen-bond acceptors (Lipinski definition) is 12. The fraction of sp³-hybridized carbons (Fsp3) is 0.600. The Morgan fingerprint density at radius 2 is 1.26 bits per heavy atom. The molecule has 0 spiro atoms. The van der Waals surface area contributed by atoms with Crippen LogP contribution in [0.4, 0.5) is 4.79 Å². The first kappa shape index (κ1) is 44.1. The number of carbonyl (C=O) groups excluding carboxylic acids is 2. The molecule has 2 aromatic carbocycles. The lowest BCUT2D eigenvalue weighted by molar-refractivity contribution is -0.160. The average Bonchev–Trinajstić information content (AvgIpc) is 3.12. The lowest BCUT2D eigenvalue weighted by Crippen LogP contribution is -2.47. The Labute approximate surface area is 336 Å². The van der Waals surface area contributed by atoms with Gasteiger partial charge in [-0.1, -0.05) is 70.4 Å². The Balaban J connectivity index is 1.55. The quantitative estimate of drug-likeness (QED) is 0.0788. The van der Waals surface area contributed by atoms with Gasteiger partial charge in [0.15, 0.2) is 0 Å². The van der Waals surface area contributed by atoms with E-state index in [0.29, 0.717) is 43.7 Å². The molecule has 2 heterocycles. The van der Waals surface area contributed by atoms with E-state index in [2.05, 4.69) is 15.6 Å². The van der Waals surface area contributed by atoms with Gasteiger partial charge in [0, 0.05) is 48.4 Å². The van der Waals surface area contributed by atoms with Crippen molar-refractivity contribution in [2.75, 3.05) is 33.0 Å². The number of sulfonamides is 2. The van der Waals surface area contributed by atoms with Crippen molar-refractivity contribution >= 4 is 43.5 Å². The maximum atomic E-state index is 14.1. The summed E-state index contributed by atoms with van der Waals surface area (Å²) in [6.07, 6.45) is 1.54. The molecule has 6 atom stereocenters. The summed E-state index contributed by atoms with van der Waals surface area (Å²) in [7, 11) is -8.01. The van der Waals surface area contributed by atoms with Crippen molar-refractivity contribution in [3.05, 3.63) is 58.7 Å². The van der Waals surface area contributed by atoms with E-state index >= 15 is 0 Å². The van der Waals surface area contributed by atoms with Crippen molar-refractivity contribution in [2.45, 2.75) is 103 Å². The lowest BCUT2D eigenvalue weighted by Gasteiger charge is -2.34. The van der Waals surface area contributed by atoms with Crippen LogP contribution in [-0.4, -0.2) is 98.8 Å². The topological polar surface area (TPSA) is 194 Å². The number of carbonyl (C=O) groups is 2. The Bertz CT molecular complexity index is 1980. The number of oxime groups is 2. The van der Waals surface area contributed by atoms with E-state index in [1.807, 2.05) is 34.6 Å². The standard InChI is InChI=1S/C40H57N5O10S2/c1-10-28(6)35(41-39(47)55-40(7,8)9)38(46)53-23-54-43-37-33-17-29(56(49,50)44-19-24(2)15-25(3)20-44)11-13-31(33)36(42-48)32-14-12-30(18-34(32)37)57(51,52)45-21-26(4)16-27(5)22-45/h11-14,17-18,24-28,35,48H,10,15-16,19-23H2,1-9H3,(H,41,47)/t24-,25+,26-,27+,28?,35?. The number of nitrogens with zero attached hydrogens (tertiary/aromatic N) is 4. The van der Waals surface area contributed by atoms with Crippen LogP contribution in [0.2, 0.25) is 0 Å². The third-order valence-corrected chi connectivity index (χ3v) is 14.3. The number of piperidine rings is 2. The molecule has 17 heteroatoms. The van der Waals surface area contributed by atoms with Gasteiger partial charge in [0.2, 0.25) is 20.0 Å². The number of amides is 1. The molecule has 5 rings (SSSR count). The Kier molecular flexibility index (Phi) is 13.5. The molecule has 0 bridgehead atoms. The lowest BCUT2D eigenvalue weighted by atomic mass is 9.83. The predicted molar refractivity (Wildman–Crippen MR) is 214 cm³/mol. The smallest absolute Gasteiger partial charge is 0.408 e. The minimum absolute atomic E-state index is 0.0312. The van der Waals surface area contributed by atoms with Crippen LogP contribution < -0.4 is 5.32 Å². The highest BCUT2D eigenvalue weighted by atomic mass is 32.2. The fourth-order valence-electron chi connectivity index (χ4n) is 7.94. The summed E-state index contributed by atoms with van der Waals surface area (Å²) in [5.41, 5.74) is 0.326. The van der Waals surface area contributed by atoms with Crippen LogP contribution in [0.25, 0.3) is 0 Å². The van der Waals surface area contributed by atoms with Crippen LogP contribution in [0.3, 0.4) is 0 Å². The molecule has 314 valence electrons. The molecular formula is C40H57N5O10S2. The Morgan fingerprint density at radius 3 is 1.67 bits per heavy atom. The van der Waals surface area contributed by atoms with Gasteiger partial charge in [-0.3, -0.25) is 0 Å². The van der Waals surface area contributed by atoms with E-state index in [-0.39, 0.29) is 61.9 Å². The number of hydrogen-bond donors (Lipinski definition) is 2. The number of rotatable bonds is 11. The van der Waals surface area contributed by atoms with E-state index in [4.69, 9.17) is 14.3 Å². The highest BCUT2D eigenvalue weighted by Gasteiger charge is 2.37. The van der Waals surface area contributed by atoms with Gasteiger partial charge in [-0.15, -0.1) is 0 Å². The molecule has 2 saturated heterocycles. The minimum atomic E-state index is -4.00. The monoisotopic (exact) mass is 831 g/mol.